The Morgan fingerprint density at radius 1 is 1.19 bits per heavy atom. The molecule has 0 bridgehead atoms. The van der Waals surface area contributed by atoms with Crippen LogP contribution in [0.2, 0.25) is 0 Å². The zero-order valence-corrected chi connectivity index (χ0v) is 16.4. The first-order valence-corrected chi connectivity index (χ1v) is 9.75. The number of hydrogen-bond donors (Lipinski definition) is 3. The minimum absolute atomic E-state index is 0.0774. The van der Waals surface area contributed by atoms with Gasteiger partial charge in [0.25, 0.3) is 5.91 Å². The van der Waals surface area contributed by atoms with Crippen molar-refractivity contribution >= 4 is 23.2 Å². The highest BCUT2D eigenvalue weighted by Gasteiger charge is 2.10. The molecule has 1 atom stereocenters. The molecule has 0 saturated heterocycles. The van der Waals surface area contributed by atoms with Gasteiger partial charge in [-0.3, -0.25) is 9.79 Å². The van der Waals surface area contributed by atoms with Gasteiger partial charge in [0.2, 0.25) is 0 Å². The van der Waals surface area contributed by atoms with E-state index in [0.29, 0.717) is 30.4 Å². The third-order valence-electron chi connectivity index (χ3n) is 3.89. The lowest BCUT2D eigenvalue weighted by Crippen LogP contribution is -2.41. The molecule has 1 heterocycles. The molecule has 2 aromatic rings. The molecule has 0 aliphatic rings. The molecule has 0 aliphatic carbocycles. The number of nitrogens with one attached hydrogen (secondary N) is 3. The molecule has 0 radical (unpaired) electrons. The highest BCUT2D eigenvalue weighted by atomic mass is 32.1. The summed E-state index contributed by atoms with van der Waals surface area (Å²) >= 11 is 1.36. The third kappa shape index (κ3) is 6.15. The number of aliphatic imine (C=N–C) groups is 1. The molecule has 140 valence electrons. The zero-order valence-electron chi connectivity index (χ0n) is 15.6. The molecule has 0 fully saturated rings. The normalized spacial score (nSPS) is 12.5. The van der Waals surface area contributed by atoms with Gasteiger partial charge >= 0.3 is 0 Å². The minimum Gasteiger partial charge on any atom is -0.357 e. The first-order chi connectivity index (χ1) is 12.6. The Morgan fingerprint density at radius 3 is 2.58 bits per heavy atom. The van der Waals surface area contributed by atoms with Crippen molar-refractivity contribution in [3.63, 3.8) is 0 Å². The van der Waals surface area contributed by atoms with Gasteiger partial charge < -0.3 is 16.0 Å². The molecular weight excluding hydrogens is 346 g/mol. The average molecular weight is 374 g/mol. The lowest BCUT2D eigenvalue weighted by molar-refractivity contribution is 0.0957. The van der Waals surface area contributed by atoms with Crippen LogP contribution in [0, 0.1) is 6.92 Å². The van der Waals surface area contributed by atoms with Crippen molar-refractivity contribution in [1.29, 1.82) is 0 Å². The van der Waals surface area contributed by atoms with E-state index in [2.05, 4.69) is 45.0 Å². The Kier molecular flexibility index (Phi) is 8.08. The van der Waals surface area contributed by atoms with Crippen LogP contribution in [0.5, 0.6) is 0 Å². The van der Waals surface area contributed by atoms with Crippen LogP contribution in [-0.2, 0) is 0 Å². The van der Waals surface area contributed by atoms with Gasteiger partial charge in [0.15, 0.2) is 5.96 Å². The van der Waals surface area contributed by atoms with Crippen LogP contribution >= 0.6 is 11.3 Å². The molecule has 6 nitrogen and oxygen atoms in total. The van der Waals surface area contributed by atoms with Crippen molar-refractivity contribution in [3.05, 3.63) is 52.0 Å². The lowest BCUT2D eigenvalue weighted by Gasteiger charge is -2.14. The number of carbonyl (C=O) groups is 1. The van der Waals surface area contributed by atoms with E-state index in [1.807, 2.05) is 32.0 Å². The summed E-state index contributed by atoms with van der Waals surface area (Å²) in [7, 11) is 0. The third-order valence-corrected chi connectivity index (χ3v) is 4.82. The first kappa shape index (κ1) is 19.9. The summed E-state index contributed by atoms with van der Waals surface area (Å²) in [4.78, 5) is 21.5. The monoisotopic (exact) mass is 373 g/mol. The second kappa shape index (κ2) is 10.6. The fourth-order valence-corrected chi connectivity index (χ4v) is 3.13. The number of amides is 1. The topological polar surface area (TPSA) is 78.4 Å². The van der Waals surface area contributed by atoms with Crippen molar-refractivity contribution in [3.8, 4) is 0 Å². The van der Waals surface area contributed by atoms with Crippen molar-refractivity contribution in [1.82, 2.24) is 20.9 Å². The van der Waals surface area contributed by atoms with Gasteiger partial charge in [0, 0.05) is 32.1 Å². The van der Waals surface area contributed by atoms with Crippen LogP contribution in [0.3, 0.4) is 0 Å². The summed E-state index contributed by atoms with van der Waals surface area (Å²) in [6.45, 7) is 8.66. The molecule has 1 aromatic heterocycles. The number of nitrogens with zero attached hydrogens (tertiary/aromatic N) is 2. The minimum atomic E-state index is -0.0774. The standard InChI is InChI=1S/C19H27N5OS/c1-4-20-19(23-12-14(2)16-8-6-5-7-9-16)22-11-10-21-18(25)17-15(3)24-13-26-17/h5-9,13-14H,4,10-12H2,1-3H3,(H,21,25)(H2,20,22,23). The molecule has 2 rings (SSSR count). The second-order valence-electron chi connectivity index (χ2n) is 5.98. The number of aryl methyl sites for hydroxylation is 1. The largest absolute Gasteiger partial charge is 0.357 e. The number of guanidine groups is 1. The highest BCUT2D eigenvalue weighted by Crippen LogP contribution is 2.14. The Balaban J connectivity index is 1.78. The number of aromatic nitrogens is 1. The molecule has 7 heteroatoms. The van der Waals surface area contributed by atoms with Crippen LogP contribution < -0.4 is 16.0 Å². The van der Waals surface area contributed by atoms with Gasteiger partial charge in [-0.25, -0.2) is 4.98 Å². The summed E-state index contributed by atoms with van der Waals surface area (Å²) in [6.07, 6.45) is 0. The van der Waals surface area contributed by atoms with Crippen molar-refractivity contribution in [2.75, 3.05) is 26.2 Å². The van der Waals surface area contributed by atoms with E-state index in [9.17, 15) is 4.79 Å². The maximum Gasteiger partial charge on any atom is 0.263 e. The molecule has 3 N–H and O–H groups in total. The van der Waals surface area contributed by atoms with E-state index >= 15 is 0 Å². The number of thiazole rings is 1. The predicted molar refractivity (Wildman–Crippen MR) is 108 cm³/mol. The van der Waals surface area contributed by atoms with Crippen LogP contribution in [0.25, 0.3) is 0 Å². The molecule has 0 aliphatic heterocycles. The zero-order chi connectivity index (χ0) is 18.8. The first-order valence-electron chi connectivity index (χ1n) is 8.87. The second-order valence-corrected chi connectivity index (χ2v) is 6.84. The number of carbonyl (C=O) groups excluding carboxylic acids is 1. The number of hydrogen-bond acceptors (Lipinski definition) is 4. The average Bonchev–Trinajstić information content (AvgIpc) is 3.09. The Morgan fingerprint density at radius 2 is 1.92 bits per heavy atom. The Bertz CT molecular complexity index is 714. The van der Waals surface area contributed by atoms with E-state index in [1.165, 1.54) is 16.9 Å². The summed E-state index contributed by atoms with van der Waals surface area (Å²) in [5.74, 6) is 1.03. The summed E-state index contributed by atoms with van der Waals surface area (Å²) in [5.41, 5.74) is 3.73. The van der Waals surface area contributed by atoms with Crippen molar-refractivity contribution < 1.29 is 4.79 Å². The number of rotatable bonds is 8. The van der Waals surface area contributed by atoms with E-state index in [1.54, 1.807) is 5.51 Å². The number of benzene rings is 1. The molecule has 0 spiro atoms. The Labute approximate surface area is 159 Å². The summed E-state index contributed by atoms with van der Waals surface area (Å²) < 4.78 is 0. The van der Waals surface area contributed by atoms with Gasteiger partial charge in [-0.1, -0.05) is 37.3 Å². The van der Waals surface area contributed by atoms with Gasteiger partial charge in [-0.05, 0) is 19.4 Å². The summed E-state index contributed by atoms with van der Waals surface area (Å²) in [5, 5.41) is 9.39. The molecule has 0 saturated carbocycles. The molecule has 1 aromatic carbocycles. The van der Waals surface area contributed by atoms with Gasteiger partial charge in [-0.15, -0.1) is 11.3 Å². The van der Waals surface area contributed by atoms with Crippen LogP contribution in [-0.4, -0.2) is 43.0 Å². The maximum atomic E-state index is 12.1. The van der Waals surface area contributed by atoms with Crippen LogP contribution in [0.1, 0.15) is 40.7 Å². The lowest BCUT2D eigenvalue weighted by atomic mass is 10.0. The van der Waals surface area contributed by atoms with Crippen molar-refractivity contribution in [2.45, 2.75) is 26.7 Å². The van der Waals surface area contributed by atoms with E-state index in [4.69, 9.17) is 0 Å². The molecule has 1 amide bonds. The predicted octanol–water partition coefficient (Wildman–Crippen LogP) is 2.54. The fourth-order valence-electron chi connectivity index (χ4n) is 2.41. The van der Waals surface area contributed by atoms with Gasteiger partial charge in [0.1, 0.15) is 4.88 Å². The maximum absolute atomic E-state index is 12.1. The highest BCUT2D eigenvalue weighted by molar-refractivity contribution is 7.11. The smallest absolute Gasteiger partial charge is 0.263 e. The molecule has 1 unspecified atom stereocenters. The molecular formula is C19H27N5OS. The van der Waals surface area contributed by atoms with Gasteiger partial charge in [-0.2, -0.15) is 0 Å². The fraction of sp³-hybridized carbons (Fsp3) is 0.421. The SMILES string of the molecule is CCNC(=NCC(C)c1ccccc1)NCCNC(=O)c1scnc1C. The quantitative estimate of drug-likeness (QED) is 0.377. The van der Waals surface area contributed by atoms with Crippen molar-refractivity contribution in [2.24, 2.45) is 4.99 Å². The summed E-state index contributed by atoms with van der Waals surface area (Å²) in [6, 6.07) is 10.4. The van der Waals surface area contributed by atoms with Crippen LogP contribution in [0.15, 0.2) is 40.8 Å². The van der Waals surface area contributed by atoms with Gasteiger partial charge in [0.05, 0.1) is 11.2 Å². The van der Waals surface area contributed by atoms with E-state index < -0.39 is 0 Å². The van der Waals surface area contributed by atoms with Crippen LogP contribution in [0.4, 0.5) is 0 Å². The van der Waals surface area contributed by atoms with E-state index in [0.717, 1.165) is 18.2 Å². The van der Waals surface area contributed by atoms with E-state index in [-0.39, 0.29) is 5.91 Å². The Hall–Kier alpha value is -2.41. The molecule has 26 heavy (non-hydrogen) atoms.